The van der Waals surface area contributed by atoms with E-state index in [1.54, 1.807) is 0 Å². The Bertz CT molecular complexity index is 482. The van der Waals surface area contributed by atoms with E-state index in [1.165, 1.54) is 24.9 Å². The van der Waals surface area contributed by atoms with Gasteiger partial charge in [0.1, 0.15) is 12.0 Å². The van der Waals surface area contributed by atoms with Gasteiger partial charge in [0.05, 0.1) is 34.3 Å². The van der Waals surface area contributed by atoms with Crippen molar-refractivity contribution in [2.45, 2.75) is 59.4 Å². The molecule has 0 radical (unpaired) electrons. The number of benzene rings is 1. The molecule has 0 aliphatic carbocycles. The number of rotatable bonds is 9. The molecule has 1 unspecified atom stereocenters. The molecule has 2 N–H and O–H groups in total. The first-order valence-corrected chi connectivity index (χ1v) is 9.67. The summed E-state index contributed by atoms with van der Waals surface area (Å²) >= 11 is 0. The average Bonchev–Trinajstić information content (AvgIpc) is 2.50. The van der Waals surface area contributed by atoms with Gasteiger partial charge in [-0.2, -0.15) is 0 Å². The summed E-state index contributed by atoms with van der Waals surface area (Å²) in [6.45, 7) is 9.69. The summed E-state index contributed by atoms with van der Waals surface area (Å²) < 4.78 is 6.81. The Balaban J connectivity index is 0.000000896. The predicted molar refractivity (Wildman–Crippen MR) is 112 cm³/mol. The second-order valence-corrected chi connectivity index (χ2v) is 9.23. The van der Waals surface area contributed by atoms with Gasteiger partial charge in [-0.15, -0.1) is 0 Å². The number of carbonyl (C=O) groups is 1. The van der Waals surface area contributed by atoms with Crippen LogP contribution in [0.1, 0.15) is 52.5 Å². The highest BCUT2D eigenvalue weighted by molar-refractivity contribution is 5.56. The summed E-state index contributed by atoms with van der Waals surface area (Å²) in [7, 11) is 6.71. The maximum atomic E-state index is 9.83. The predicted octanol–water partition coefficient (Wildman–Crippen LogP) is 4.06. The van der Waals surface area contributed by atoms with Crippen molar-refractivity contribution in [2.75, 3.05) is 34.3 Å². The molecule has 1 atom stereocenters. The van der Waals surface area contributed by atoms with Gasteiger partial charge in [-0.05, 0) is 50.3 Å². The van der Waals surface area contributed by atoms with Crippen LogP contribution in [0.25, 0.3) is 0 Å². The topological polar surface area (TPSA) is 52.3 Å². The number of unbranched alkanes of at least 4 members (excludes halogenated alkanes) is 2. The van der Waals surface area contributed by atoms with E-state index in [1.807, 2.05) is 39.8 Å². The van der Waals surface area contributed by atoms with Crippen molar-refractivity contribution in [3.05, 3.63) is 29.8 Å². The second-order valence-electron chi connectivity index (χ2n) is 9.23. The number of hydrogen-bond acceptors (Lipinski definition) is 3. The lowest BCUT2D eigenvalue weighted by Gasteiger charge is -2.23. The molecule has 0 bridgehead atoms. The Morgan fingerprint density at radius 1 is 1.08 bits per heavy atom. The Labute approximate surface area is 161 Å². The van der Waals surface area contributed by atoms with Crippen LogP contribution in [0.5, 0.6) is 5.75 Å². The highest BCUT2D eigenvalue weighted by Gasteiger charge is 2.05. The largest absolute Gasteiger partial charge is 0.494 e. The van der Waals surface area contributed by atoms with Crippen LogP contribution in [0.4, 0.5) is 0 Å². The first-order valence-electron chi connectivity index (χ1n) is 9.67. The van der Waals surface area contributed by atoms with E-state index in [9.17, 15) is 4.79 Å². The van der Waals surface area contributed by atoms with Gasteiger partial charge in [0.25, 0.3) is 0 Å². The molecule has 4 heteroatoms. The summed E-state index contributed by atoms with van der Waals surface area (Å²) in [5.74, 6) is 0.963. The fourth-order valence-electron chi connectivity index (χ4n) is 2.15. The van der Waals surface area contributed by atoms with Gasteiger partial charge in [-0.25, -0.2) is 0 Å². The maximum Gasteiger partial charge on any atom is 0.125 e. The van der Waals surface area contributed by atoms with Crippen LogP contribution in [0.15, 0.2) is 24.3 Å². The summed E-state index contributed by atoms with van der Waals surface area (Å²) in [6.07, 6.45) is 5.48. The van der Waals surface area contributed by atoms with Gasteiger partial charge in [0.15, 0.2) is 0 Å². The van der Waals surface area contributed by atoms with Gasteiger partial charge in [0.2, 0.25) is 0 Å². The molecule has 0 spiro atoms. The highest BCUT2D eigenvalue weighted by atomic mass is 16.5. The third-order valence-corrected chi connectivity index (χ3v) is 3.58. The maximum absolute atomic E-state index is 9.83. The van der Waals surface area contributed by atoms with E-state index < -0.39 is 0 Å². The average molecular weight is 366 g/mol. The first kappa shape index (κ1) is 24.6. The summed E-state index contributed by atoms with van der Waals surface area (Å²) in [4.78, 5) is 9.83. The summed E-state index contributed by atoms with van der Waals surface area (Å²) in [5, 5.41) is 0. The number of aldehydes is 1. The zero-order valence-corrected chi connectivity index (χ0v) is 18.0. The second kappa shape index (κ2) is 12.1. The van der Waals surface area contributed by atoms with E-state index >= 15 is 0 Å². The zero-order chi connectivity index (χ0) is 20.2. The van der Waals surface area contributed by atoms with Crippen LogP contribution in [-0.2, 0) is 11.2 Å². The van der Waals surface area contributed by atoms with Gasteiger partial charge in [0, 0.05) is 11.5 Å². The molecule has 4 nitrogen and oxygen atoms in total. The number of nitrogens with zero attached hydrogens (tertiary/aromatic N) is 1. The van der Waals surface area contributed by atoms with Crippen LogP contribution in [-0.4, -0.2) is 51.1 Å². The molecule has 0 amide bonds. The molecular formula is C22H41N2O2+. The Morgan fingerprint density at radius 2 is 1.62 bits per heavy atom. The monoisotopic (exact) mass is 365 g/mol. The first-order chi connectivity index (χ1) is 11.9. The molecule has 0 aliphatic heterocycles. The van der Waals surface area contributed by atoms with Crippen LogP contribution in [0.2, 0.25) is 0 Å². The standard InChI is InChI=1S/C17H31N2O.C5H10O/c1-15(18)14-16-8-10-17(11-9-16)20-13-7-5-6-12-19(2,3)4;1-5(2,3)4-6/h8-11,15H,5-7,12-14,18H2,1-4H3;4H,1-3H3/q+1;. The van der Waals surface area contributed by atoms with Crippen molar-refractivity contribution < 1.29 is 14.0 Å². The lowest BCUT2D eigenvalue weighted by Crippen LogP contribution is -2.35. The fraction of sp³-hybridized carbons (Fsp3) is 0.682. The number of carbonyl (C=O) groups excluding carboxylic acids is 1. The van der Waals surface area contributed by atoms with Crippen molar-refractivity contribution in [3.63, 3.8) is 0 Å². The van der Waals surface area contributed by atoms with Crippen molar-refractivity contribution in [1.29, 1.82) is 0 Å². The van der Waals surface area contributed by atoms with Crippen LogP contribution < -0.4 is 10.5 Å². The minimum Gasteiger partial charge on any atom is -0.494 e. The lowest BCUT2D eigenvalue weighted by atomic mass is 10.0. The van der Waals surface area contributed by atoms with Gasteiger partial charge in [-0.3, -0.25) is 0 Å². The Hall–Kier alpha value is -1.39. The molecule has 0 saturated carbocycles. The molecule has 1 aromatic carbocycles. The van der Waals surface area contributed by atoms with Gasteiger partial charge in [-0.1, -0.05) is 32.9 Å². The third-order valence-electron chi connectivity index (χ3n) is 3.58. The fourth-order valence-corrected chi connectivity index (χ4v) is 2.15. The number of hydrogen-bond donors (Lipinski definition) is 1. The van der Waals surface area contributed by atoms with Crippen LogP contribution in [0.3, 0.4) is 0 Å². The molecule has 26 heavy (non-hydrogen) atoms. The van der Waals surface area contributed by atoms with Crippen molar-refractivity contribution in [3.8, 4) is 5.75 Å². The van der Waals surface area contributed by atoms with Crippen molar-refractivity contribution in [2.24, 2.45) is 11.1 Å². The normalized spacial score (nSPS) is 12.8. The molecule has 0 aliphatic rings. The summed E-state index contributed by atoms with van der Waals surface area (Å²) in [6, 6.07) is 8.52. The Morgan fingerprint density at radius 3 is 2.04 bits per heavy atom. The van der Waals surface area contributed by atoms with Crippen LogP contribution >= 0.6 is 0 Å². The zero-order valence-electron chi connectivity index (χ0n) is 18.0. The smallest absolute Gasteiger partial charge is 0.125 e. The SMILES string of the molecule is CC(C)(C)C=O.CC(N)Cc1ccc(OCCCCC[N+](C)(C)C)cc1. The van der Waals surface area contributed by atoms with E-state index in [4.69, 9.17) is 10.5 Å². The van der Waals surface area contributed by atoms with Crippen molar-refractivity contribution in [1.82, 2.24) is 0 Å². The molecule has 0 saturated heterocycles. The van der Waals surface area contributed by atoms with Crippen LogP contribution in [0, 0.1) is 5.41 Å². The number of nitrogens with two attached hydrogens (primary N) is 1. The molecule has 150 valence electrons. The lowest BCUT2D eigenvalue weighted by molar-refractivity contribution is -0.870. The minimum atomic E-state index is -0.139. The van der Waals surface area contributed by atoms with Gasteiger partial charge < -0.3 is 19.7 Å². The molecule has 1 aromatic rings. The van der Waals surface area contributed by atoms with E-state index in [-0.39, 0.29) is 11.5 Å². The molecule has 0 fully saturated rings. The molecule has 0 heterocycles. The highest BCUT2D eigenvalue weighted by Crippen LogP contribution is 2.14. The van der Waals surface area contributed by atoms with Crippen molar-refractivity contribution >= 4 is 6.29 Å². The van der Waals surface area contributed by atoms with E-state index in [2.05, 4.69) is 33.3 Å². The van der Waals surface area contributed by atoms with Gasteiger partial charge >= 0.3 is 0 Å². The molecule has 0 aromatic heterocycles. The third kappa shape index (κ3) is 16.1. The quantitative estimate of drug-likeness (QED) is 0.408. The van der Waals surface area contributed by atoms with E-state index in [0.717, 1.165) is 36.0 Å². The molecule has 1 rings (SSSR count). The number of quaternary nitrogens is 1. The Kier molecular flexibility index (Phi) is 11.4. The van der Waals surface area contributed by atoms with E-state index in [0.29, 0.717) is 0 Å². The summed E-state index contributed by atoms with van der Waals surface area (Å²) in [5.41, 5.74) is 6.92. The number of ether oxygens (including phenoxy) is 1. The minimum absolute atomic E-state index is 0.139. The molecular weight excluding hydrogens is 324 g/mol.